The highest BCUT2D eigenvalue weighted by Gasteiger charge is 2.07. The van der Waals surface area contributed by atoms with Crippen LogP contribution in [0, 0.1) is 20.8 Å². The van der Waals surface area contributed by atoms with Gasteiger partial charge in [-0.25, -0.2) is 4.98 Å². The number of aromatic nitrogens is 1. The lowest BCUT2D eigenvalue weighted by atomic mass is 10.1. The fourth-order valence-electron chi connectivity index (χ4n) is 2.00. The summed E-state index contributed by atoms with van der Waals surface area (Å²) in [6.07, 6.45) is 1.92. The van der Waals surface area contributed by atoms with Crippen molar-refractivity contribution in [1.29, 1.82) is 0 Å². The summed E-state index contributed by atoms with van der Waals surface area (Å²) in [7, 11) is 1.71. The number of aryl methyl sites for hydroxylation is 2. The third kappa shape index (κ3) is 2.64. The Balaban J connectivity index is 2.14. The Hall–Kier alpha value is -1.55. The van der Waals surface area contributed by atoms with Crippen molar-refractivity contribution in [2.45, 2.75) is 27.3 Å². The van der Waals surface area contributed by atoms with Gasteiger partial charge in [0.1, 0.15) is 5.75 Å². The molecule has 0 atom stereocenters. The molecule has 0 unspecified atom stereocenters. The molecule has 0 fully saturated rings. The van der Waals surface area contributed by atoms with Crippen LogP contribution in [0.5, 0.6) is 5.75 Å². The second-order valence-electron chi connectivity index (χ2n) is 4.29. The highest BCUT2D eigenvalue weighted by molar-refractivity contribution is 7.11. The Morgan fingerprint density at radius 1 is 1.28 bits per heavy atom. The number of hydrogen-bond donors (Lipinski definition) is 1. The van der Waals surface area contributed by atoms with Gasteiger partial charge in [0.25, 0.3) is 0 Å². The Morgan fingerprint density at radius 2 is 2.06 bits per heavy atom. The zero-order valence-corrected chi connectivity index (χ0v) is 12.0. The van der Waals surface area contributed by atoms with Crippen molar-refractivity contribution < 1.29 is 4.74 Å². The highest BCUT2D eigenvalue weighted by atomic mass is 32.1. The first-order valence-electron chi connectivity index (χ1n) is 5.91. The number of ether oxygens (including phenoxy) is 1. The molecule has 2 aromatic rings. The van der Waals surface area contributed by atoms with Gasteiger partial charge in [-0.1, -0.05) is 6.07 Å². The molecule has 96 valence electrons. The lowest BCUT2D eigenvalue weighted by Gasteiger charge is -2.14. The van der Waals surface area contributed by atoms with Crippen LogP contribution in [0.1, 0.15) is 21.0 Å². The molecule has 2 rings (SSSR count). The summed E-state index contributed by atoms with van der Waals surface area (Å²) in [4.78, 5) is 5.50. The van der Waals surface area contributed by atoms with E-state index in [4.69, 9.17) is 4.74 Å². The van der Waals surface area contributed by atoms with E-state index in [1.54, 1.807) is 18.4 Å². The van der Waals surface area contributed by atoms with E-state index in [0.29, 0.717) is 0 Å². The number of nitrogens with one attached hydrogen (secondary N) is 1. The van der Waals surface area contributed by atoms with E-state index < -0.39 is 0 Å². The van der Waals surface area contributed by atoms with Crippen molar-refractivity contribution in [3.63, 3.8) is 0 Å². The SMILES string of the molecule is COc1c(C)ccc(NCc2cnc(C)s2)c1C. The number of benzene rings is 1. The second kappa shape index (κ2) is 5.40. The number of methoxy groups -OCH3 is 1. The molecule has 0 aliphatic carbocycles. The number of thiazole rings is 1. The number of nitrogens with zero attached hydrogens (tertiary/aromatic N) is 1. The van der Waals surface area contributed by atoms with Gasteiger partial charge < -0.3 is 10.1 Å². The monoisotopic (exact) mass is 262 g/mol. The first-order chi connectivity index (χ1) is 8.61. The molecule has 0 aliphatic heterocycles. The van der Waals surface area contributed by atoms with E-state index in [1.165, 1.54) is 4.88 Å². The van der Waals surface area contributed by atoms with Crippen LogP contribution in [-0.4, -0.2) is 12.1 Å². The molecule has 1 heterocycles. The molecule has 1 aromatic carbocycles. The summed E-state index contributed by atoms with van der Waals surface area (Å²) in [5, 5.41) is 4.54. The molecule has 4 heteroatoms. The molecule has 0 saturated heterocycles. The van der Waals surface area contributed by atoms with E-state index in [2.05, 4.69) is 36.3 Å². The normalized spacial score (nSPS) is 10.4. The largest absolute Gasteiger partial charge is 0.496 e. The molecule has 1 aromatic heterocycles. The minimum atomic E-state index is 0.804. The predicted octanol–water partition coefficient (Wildman–Crippen LogP) is 3.69. The first kappa shape index (κ1) is 12.9. The van der Waals surface area contributed by atoms with Crippen LogP contribution in [0.2, 0.25) is 0 Å². The maximum absolute atomic E-state index is 5.42. The molecule has 0 spiro atoms. The molecule has 0 radical (unpaired) electrons. The van der Waals surface area contributed by atoms with Crippen molar-refractivity contribution in [2.75, 3.05) is 12.4 Å². The second-order valence-corrected chi connectivity index (χ2v) is 5.61. The predicted molar refractivity (Wildman–Crippen MR) is 76.6 cm³/mol. The van der Waals surface area contributed by atoms with Crippen LogP contribution < -0.4 is 10.1 Å². The fraction of sp³-hybridized carbons (Fsp3) is 0.357. The van der Waals surface area contributed by atoms with E-state index in [1.807, 2.05) is 13.1 Å². The molecule has 0 saturated carbocycles. The lowest BCUT2D eigenvalue weighted by molar-refractivity contribution is 0.409. The van der Waals surface area contributed by atoms with Crippen LogP contribution >= 0.6 is 11.3 Å². The minimum absolute atomic E-state index is 0.804. The van der Waals surface area contributed by atoms with Crippen LogP contribution in [0.25, 0.3) is 0 Å². The van der Waals surface area contributed by atoms with Crippen molar-refractivity contribution in [3.8, 4) is 5.75 Å². The average Bonchev–Trinajstić information content (AvgIpc) is 2.75. The summed E-state index contributed by atoms with van der Waals surface area (Å²) in [5.74, 6) is 0.959. The van der Waals surface area contributed by atoms with Crippen molar-refractivity contribution in [1.82, 2.24) is 4.98 Å². The van der Waals surface area contributed by atoms with Gasteiger partial charge in [-0.05, 0) is 32.4 Å². The van der Waals surface area contributed by atoms with Gasteiger partial charge in [0.05, 0.1) is 18.7 Å². The van der Waals surface area contributed by atoms with Gasteiger partial charge >= 0.3 is 0 Å². The van der Waals surface area contributed by atoms with Gasteiger partial charge in [-0.2, -0.15) is 0 Å². The van der Waals surface area contributed by atoms with Crippen LogP contribution in [0.3, 0.4) is 0 Å². The highest BCUT2D eigenvalue weighted by Crippen LogP contribution is 2.29. The Morgan fingerprint density at radius 3 is 2.67 bits per heavy atom. The van der Waals surface area contributed by atoms with E-state index in [9.17, 15) is 0 Å². The van der Waals surface area contributed by atoms with E-state index >= 15 is 0 Å². The van der Waals surface area contributed by atoms with E-state index in [-0.39, 0.29) is 0 Å². The van der Waals surface area contributed by atoms with Crippen LogP contribution in [-0.2, 0) is 6.54 Å². The van der Waals surface area contributed by atoms with Crippen molar-refractivity contribution >= 4 is 17.0 Å². The van der Waals surface area contributed by atoms with Crippen molar-refractivity contribution in [3.05, 3.63) is 39.3 Å². The average molecular weight is 262 g/mol. The number of rotatable bonds is 4. The Bertz CT molecular complexity index is 549. The Kier molecular flexibility index (Phi) is 3.87. The molecule has 18 heavy (non-hydrogen) atoms. The Labute approximate surface area is 112 Å². The quantitative estimate of drug-likeness (QED) is 0.912. The summed E-state index contributed by atoms with van der Waals surface area (Å²) in [5.41, 5.74) is 3.43. The van der Waals surface area contributed by atoms with Gasteiger partial charge in [0.15, 0.2) is 0 Å². The molecule has 3 nitrogen and oxygen atoms in total. The maximum Gasteiger partial charge on any atom is 0.126 e. The van der Waals surface area contributed by atoms with Gasteiger partial charge in [-0.3, -0.25) is 0 Å². The minimum Gasteiger partial charge on any atom is -0.496 e. The number of hydrogen-bond acceptors (Lipinski definition) is 4. The van der Waals surface area contributed by atoms with E-state index in [0.717, 1.165) is 34.1 Å². The third-order valence-corrected chi connectivity index (χ3v) is 3.84. The number of anilines is 1. The van der Waals surface area contributed by atoms with Crippen LogP contribution in [0.4, 0.5) is 5.69 Å². The lowest BCUT2D eigenvalue weighted by Crippen LogP contribution is -2.01. The van der Waals surface area contributed by atoms with Crippen LogP contribution in [0.15, 0.2) is 18.3 Å². The summed E-state index contributed by atoms with van der Waals surface area (Å²) < 4.78 is 5.42. The maximum atomic E-state index is 5.42. The molecular formula is C14H18N2OS. The summed E-state index contributed by atoms with van der Waals surface area (Å²) in [6, 6.07) is 4.17. The zero-order chi connectivity index (χ0) is 13.1. The fourth-order valence-corrected chi connectivity index (χ4v) is 2.74. The summed E-state index contributed by atoms with van der Waals surface area (Å²) in [6.45, 7) is 6.96. The zero-order valence-electron chi connectivity index (χ0n) is 11.2. The van der Waals surface area contributed by atoms with Crippen molar-refractivity contribution in [2.24, 2.45) is 0 Å². The summed E-state index contributed by atoms with van der Waals surface area (Å²) >= 11 is 1.72. The molecule has 1 N–H and O–H groups in total. The van der Waals surface area contributed by atoms with Gasteiger partial charge in [0.2, 0.25) is 0 Å². The molecule has 0 aliphatic rings. The standard InChI is InChI=1S/C14H18N2OS/c1-9-5-6-13(10(2)14(9)17-4)16-8-12-7-15-11(3)18-12/h5-7,16H,8H2,1-4H3. The van der Waals surface area contributed by atoms with Gasteiger partial charge in [0, 0.05) is 22.3 Å². The topological polar surface area (TPSA) is 34.1 Å². The molecular weight excluding hydrogens is 244 g/mol. The van der Waals surface area contributed by atoms with Gasteiger partial charge in [-0.15, -0.1) is 11.3 Å². The first-order valence-corrected chi connectivity index (χ1v) is 6.73. The smallest absolute Gasteiger partial charge is 0.126 e. The molecule has 0 amide bonds. The third-order valence-electron chi connectivity index (χ3n) is 2.93. The molecule has 0 bridgehead atoms.